The maximum atomic E-state index is 12.2. The monoisotopic (exact) mass is 309 g/mol. The molecule has 116 valence electrons. The Balaban J connectivity index is 1.90. The molecule has 5 nitrogen and oxygen atoms in total. The lowest BCUT2D eigenvalue weighted by Gasteiger charge is -2.24. The van der Waals surface area contributed by atoms with Crippen LogP contribution in [0.4, 0.5) is 0 Å². The molecule has 2 rings (SSSR count). The molecular weight excluding hydrogens is 286 g/mol. The van der Waals surface area contributed by atoms with Crippen molar-refractivity contribution in [3.8, 4) is 0 Å². The number of hydrogen-bond donors (Lipinski definition) is 1. The Labute approximate surface area is 129 Å². The molecule has 2 amide bonds. The Morgan fingerprint density at radius 3 is 2.86 bits per heavy atom. The number of nitrogens with one attached hydrogen (secondary N) is 1. The summed E-state index contributed by atoms with van der Waals surface area (Å²) in [6, 6.07) is 2.25. The second-order valence-electron chi connectivity index (χ2n) is 5.61. The van der Waals surface area contributed by atoms with Gasteiger partial charge in [-0.05, 0) is 43.4 Å². The van der Waals surface area contributed by atoms with Crippen molar-refractivity contribution in [2.24, 2.45) is 5.92 Å². The Morgan fingerprint density at radius 1 is 1.57 bits per heavy atom. The Kier molecular flexibility index (Phi) is 5.36. The van der Waals surface area contributed by atoms with E-state index in [9.17, 15) is 9.59 Å². The summed E-state index contributed by atoms with van der Waals surface area (Å²) in [4.78, 5) is 27.8. The van der Waals surface area contributed by atoms with Crippen molar-refractivity contribution in [1.82, 2.24) is 15.1 Å². The molecule has 1 aliphatic heterocycles. The van der Waals surface area contributed by atoms with Gasteiger partial charge in [-0.3, -0.25) is 9.59 Å². The summed E-state index contributed by atoms with van der Waals surface area (Å²) in [7, 11) is 4.01. The molecule has 0 aliphatic carbocycles. The lowest BCUT2D eigenvalue weighted by atomic mass is 10.1. The van der Waals surface area contributed by atoms with Gasteiger partial charge in [-0.25, -0.2) is 0 Å². The first-order valence-electron chi connectivity index (χ1n) is 7.27. The van der Waals surface area contributed by atoms with Crippen LogP contribution in [-0.4, -0.2) is 55.3 Å². The van der Waals surface area contributed by atoms with Crippen molar-refractivity contribution in [3.63, 3.8) is 0 Å². The maximum absolute atomic E-state index is 12.2. The van der Waals surface area contributed by atoms with Crippen LogP contribution in [0.5, 0.6) is 0 Å². The van der Waals surface area contributed by atoms with Gasteiger partial charge in [-0.1, -0.05) is 0 Å². The number of thiophene rings is 1. The second-order valence-corrected chi connectivity index (χ2v) is 6.39. The van der Waals surface area contributed by atoms with Crippen LogP contribution in [0.3, 0.4) is 0 Å². The van der Waals surface area contributed by atoms with Crippen LogP contribution in [-0.2, 0) is 9.59 Å². The van der Waals surface area contributed by atoms with E-state index in [1.54, 1.807) is 16.2 Å². The van der Waals surface area contributed by atoms with Gasteiger partial charge in [0.1, 0.15) is 0 Å². The Hall–Kier alpha value is -1.40. The lowest BCUT2D eigenvalue weighted by Crippen LogP contribution is -2.38. The molecule has 0 radical (unpaired) electrons. The van der Waals surface area contributed by atoms with Crippen LogP contribution in [0.2, 0.25) is 0 Å². The zero-order valence-electron chi connectivity index (χ0n) is 12.8. The van der Waals surface area contributed by atoms with Gasteiger partial charge in [0.2, 0.25) is 11.8 Å². The highest BCUT2D eigenvalue weighted by molar-refractivity contribution is 7.07. The zero-order chi connectivity index (χ0) is 15.4. The molecule has 1 aliphatic rings. The van der Waals surface area contributed by atoms with Gasteiger partial charge >= 0.3 is 0 Å². The van der Waals surface area contributed by atoms with Crippen molar-refractivity contribution < 1.29 is 9.59 Å². The fourth-order valence-electron chi connectivity index (χ4n) is 2.66. The predicted octanol–water partition coefficient (Wildman–Crippen LogP) is 1.34. The number of likely N-dealkylation sites (N-methyl/N-ethyl adjacent to an activating group) is 1. The molecule has 0 saturated carbocycles. The van der Waals surface area contributed by atoms with Crippen LogP contribution in [0.1, 0.15) is 24.9 Å². The number of nitrogens with zero attached hydrogens (tertiary/aromatic N) is 2. The van der Waals surface area contributed by atoms with Crippen molar-refractivity contribution in [3.05, 3.63) is 22.4 Å². The normalized spacial score (nSPS) is 20.1. The Morgan fingerprint density at radius 2 is 2.33 bits per heavy atom. The first-order chi connectivity index (χ1) is 10.0. The van der Waals surface area contributed by atoms with Gasteiger partial charge in [0, 0.05) is 26.1 Å². The van der Waals surface area contributed by atoms with Crippen LogP contribution >= 0.6 is 11.3 Å². The van der Waals surface area contributed by atoms with E-state index in [1.165, 1.54) is 5.56 Å². The van der Waals surface area contributed by atoms with E-state index in [1.807, 2.05) is 26.4 Å². The maximum Gasteiger partial charge on any atom is 0.225 e. The van der Waals surface area contributed by atoms with Gasteiger partial charge in [-0.2, -0.15) is 11.3 Å². The third kappa shape index (κ3) is 3.83. The van der Waals surface area contributed by atoms with Crippen molar-refractivity contribution in [2.45, 2.75) is 19.4 Å². The fourth-order valence-corrected chi connectivity index (χ4v) is 3.37. The van der Waals surface area contributed by atoms with E-state index in [4.69, 9.17) is 0 Å². The highest BCUT2D eigenvalue weighted by Gasteiger charge is 2.33. The summed E-state index contributed by atoms with van der Waals surface area (Å²) in [5.74, 6) is -0.135. The van der Waals surface area contributed by atoms with Crippen molar-refractivity contribution in [1.29, 1.82) is 0 Å². The van der Waals surface area contributed by atoms with E-state index in [0.717, 1.165) is 0 Å². The minimum absolute atomic E-state index is 0.0126. The summed E-state index contributed by atoms with van der Waals surface area (Å²) >= 11 is 1.66. The molecule has 1 saturated heterocycles. The number of hydrogen-bond acceptors (Lipinski definition) is 4. The number of carbonyl (C=O) groups excluding carboxylic acids is 2. The van der Waals surface area contributed by atoms with Gasteiger partial charge in [-0.15, -0.1) is 0 Å². The molecule has 1 N–H and O–H groups in total. The highest BCUT2D eigenvalue weighted by atomic mass is 32.1. The second kappa shape index (κ2) is 7.04. The summed E-state index contributed by atoms with van der Waals surface area (Å²) in [6.07, 6.45) is 0.338. The molecule has 1 fully saturated rings. The molecule has 6 heteroatoms. The number of rotatable bonds is 6. The third-order valence-electron chi connectivity index (χ3n) is 3.99. The smallest absolute Gasteiger partial charge is 0.225 e. The summed E-state index contributed by atoms with van der Waals surface area (Å²) in [5.41, 5.74) is 1.21. The molecule has 21 heavy (non-hydrogen) atoms. The van der Waals surface area contributed by atoms with Crippen molar-refractivity contribution >= 4 is 23.2 Å². The fraction of sp³-hybridized carbons (Fsp3) is 0.600. The van der Waals surface area contributed by atoms with Crippen LogP contribution in [0.25, 0.3) is 0 Å². The Bertz CT molecular complexity index is 487. The topological polar surface area (TPSA) is 52.7 Å². The van der Waals surface area contributed by atoms with E-state index >= 15 is 0 Å². The molecule has 0 bridgehead atoms. The van der Waals surface area contributed by atoms with E-state index in [-0.39, 0.29) is 23.8 Å². The average molecular weight is 309 g/mol. The minimum atomic E-state index is -0.206. The molecule has 0 unspecified atom stereocenters. The molecular formula is C15H23N3O2S. The molecule has 0 spiro atoms. The number of carbonyl (C=O) groups is 2. The molecule has 2 atom stereocenters. The highest BCUT2D eigenvalue weighted by Crippen LogP contribution is 2.21. The average Bonchev–Trinajstić information content (AvgIpc) is 3.07. The van der Waals surface area contributed by atoms with E-state index in [2.05, 4.69) is 21.7 Å². The van der Waals surface area contributed by atoms with E-state index < -0.39 is 0 Å². The summed E-state index contributed by atoms with van der Waals surface area (Å²) in [5, 5.41) is 7.15. The molecule has 0 aromatic carbocycles. The quantitative estimate of drug-likeness (QED) is 0.863. The standard InChI is InChI=1S/C15H23N3O2S/c1-4-18-9-12(7-14(18)19)15(20)16-8-13(17(2)3)11-5-6-21-10-11/h5-6,10,12-13H,4,7-9H2,1-3H3,(H,16,20)/t12-,13-/m1/s1. The van der Waals surface area contributed by atoms with Crippen molar-refractivity contribution in [2.75, 3.05) is 33.7 Å². The van der Waals surface area contributed by atoms with Gasteiger partial charge < -0.3 is 15.1 Å². The van der Waals surface area contributed by atoms with Gasteiger partial charge in [0.15, 0.2) is 0 Å². The summed E-state index contributed by atoms with van der Waals surface area (Å²) < 4.78 is 0. The van der Waals surface area contributed by atoms with E-state index in [0.29, 0.717) is 26.1 Å². The van der Waals surface area contributed by atoms with Crippen LogP contribution in [0, 0.1) is 5.92 Å². The minimum Gasteiger partial charge on any atom is -0.354 e. The zero-order valence-corrected chi connectivity index (χ0v) is 13.7. The third-order valence-corrected chi connectivity index (χ3v) is 4.69. The first-order valence-corrected chi connectivity index (χ1v) is 8.21. The lowest BCUT2D eigenvalue weighted by molar-refractivity contribution is -0.128. The first kappa shape index (κ1) is 16.0. The molecule has 2 heterocycles. The largest absolute Gasteiger partial charge is 0.354 e. The van der Waals surface area contributed by atoms with Gasteiger partial charge in [0.25, 0.3) is 0 Å². The summed E-state index contributed by atoms with van der Waals surface area (Å²) in [6.45, 7) is 3.74. The molecule has 1 aromatic rings. The number of amides is 2. The predicted molar refractivity (Wildman–Crippen MR) is 84.1 cm³/mol. The van der Waals surface area contributed by atoms with Crippen LogP contribution in [0.15, 0.2) is 16.8 Å². The number of likely N-dealkylation sites (tertiary alicyclic amines) is 1. The van der Waals surface area contributed by atoms with Crippen LogP contribution < -0.4 is 5.32 Å². The molecule has 1 aromatic heterocycles. The van der Waals surface area contributed by atoms with Gasteiger partial charge in [0.05, 0.1) is 12.0 Å². The SMILES string of the molecule is CCN1C[C@H](C(=O)NC[C@H](c2ccsc2)N(C)C)CC1=O.